The van der Waals surface area contributed by atoms with Crippen molar-refractivity contribution in [2.75, 3.05) is 27.9 Å². The predicted octanol–water partition coefficient (Wildman–Crippen LogP) is 6.99. The number of amides is 1. The van der Waals surface area contributed by atoms with Crippen molar-refractivity contribution in [3.63, 3.8) is 0 Å². The number of methoxy groups -OCH3 is 3. The van der Waals surface area contributed by atoms with Gasteiger partial charge in [-0.25, -0.2) is 0 Å². The van der Waals surface area contributed by atoms with Gasteiger partial charge in [-0.15, -0.1) is 11.3 Å². The lowest BCUT2D eigenvalue weighted by atomic mass is 9.63. The van der Waals surface area contributed by atoms with Crippen molar-refractivity contribution in [3.05, 3.63) is 63.5 Å². The number of rotatable bonds is 5. The quantitative estimate of drug-likeness (QED) is 0.365. The van der Waals surface area contributed by atoms with E-state index >= 15 is 0 Å². The number of carbonyl (C=O) groups is 1. The predicted molar refractivity (Wildman–Crippen MR) is 150 cm³/mol. The molecule has 2 aliphatic rings. The highest BCUT2D eigenvalue weighted by molar-refractivity contribution is 7.17. The van der Waals surface area contributed by atoms with Gasteiger partial charge in [0.1, 0.15) is 5.75 Å². The van der Waals surface area contributed by atoms with Crippen LogP contribution >= 0.6 is 11.3 Å². The van der Waals surface area contributed by atoms with Gasteiger partial charge < -0.3 is 19.1 Å². The highest BCUT2D eigenvalue weighted by Gasteiger charge is 2.38. The molecule has 2 aromatic carbocycles. The fraction of sp³-hybridized carbons (Fsp3) is 0.452. The van der Waals surface area contributed by atoms with Crippen LogP contribution in [0.3, 0.4) is 0 Å². The summed E-state index contributed by atoms with van der Waals surface area (Å²) in [6.45, 7) is 10.6. The van der Waals surface area contributed by atoms with Crippen LogP contribution in [-0.2, 0) is 23.8 Å². The van der Waals surface area contributed by atoms with Gasteiger partial charge in [-0.2, -0.15) is 0 Å². The van der Waals surface area contributed by atoms with Crippen molar-refractivity contribution in [2.24, 2.45) is 0 Å². The summed E-state index contributed by atoms with van der Waals surface area (Å²) in [4.78, 5) is 17.3. The number of carbonyl (C=O) groups excluding carboxylic acids is 1. The highest BCUT2D eigenvalue weighted by atomic mass is 32.1. The van der Waals surface area contributed by atoms with Gasteiger partial charge in [0.15, 0.2) is 11.5 Å². The number of ether oxygens (including phenoxy) is 3. The summed E-state index contributed by atoms with van der Waals surface area (Å²) in [5.41, 5.74) is 6.36. The molecule has 37 heavy (non-hydrogen) atoms. The number of fused-ring (bicyclic) bond motifs is 2. The molecule has 6 heteroatoms. The third kappa shape index (κ3) is 4.50. The molecule has 0 bridgehead atoms. The minimum absolute atomic E-state index is 0.0649. The molecule has 2 heterocycles. The summed E-state index contributed by atoms with van der Waals surface area (Å²) < 4.78 is 16.8. The molecule has 0 N–H and O–H groups in total. The molecule has 1 aliphatic carbocycles. The van der Waals surface area contributed by atoms with Crippen LogP contribution in [0.5, 0.6) is 17.2 Å². The molecule has 1 aromatic heterocycles. The van der Waals surface area contributed by atoms with E-state index in [0.717, 1.165) is 51.6 Å². The first kappa shape index (κ1) is 25.7. The largest absolute Gasteiger partial charge is 0.496 e. The van der Waals surface area contributed by atoms with Crippen molar-refractivity contribution in [1.29, 1.82) is 0 Å². The van der Waals surface area contributed by atoms with Crippen molar-refractivity contribution < 1.29 is 19.0 Å². The molecule has 3 aromatic rings. The van der Waals surface area contributed by atoms with E-state index in [1.807, 2.05) is 23.1 Å². The molecule has 0 radical (unpaired) electrons. The lowest BCUT2D eigenvalue weighted by Crippen LogP contribution is -2.35. The molecule has 0 saturated carbocycles. The molecule has 0 unspecified atom stereocenters. The van der Waals surface area contributed by atoms with E-state index in [9.17, 15) is 4.79 Å². The van der Waals surface area contributed by atoms with Crippen LogP contribution in [-0.4, -0.2) is 38.7 Å². The zero-order valence-electron chi connectivity index (χ0n) is 23.0. The average Bonchev–Trinajstić information content (AvgIpc) is 3.39. The summed E-state index contributed by atoms with van der Waals surface area (Å²) in [6, 6.07) is 12.6. The van der Waals surface area contributed by atoms with Crippen molar-refractivity contribution in [2.45, 2.75) is 64.3 Å². The van der Waals surface area contributed by atoms with E-state index in [0.29, 0.717) is 18.8 Å². The first-order valence-corrected chi connectivity index (χ1v) is 13.8. The summed E-state index contributed by atoms with van der Waals surface area (Å²) >= 11 is 1.55. The fourth-order valence-corrected chi connectivity index (χ4v) is 6.76. The van der Waals surface area contributed by atoms with Gasteiger partial charge in [-0.1, -0.05) is 27.7 Å². The zero-order chi connectivity index (χ0) is 26.5. The molecular weight excluding hydrogens is 482 g/mol. The van der Waals surface area contributed by atoms with Gasteiger partial charge in [-0.3, -0.25) is 4.79 Å². The molecule has 5 nitrogen and oxygen atoms in total. The second kappa shape index (κ2) is 9.39. The second-order valence-electron chi connectivity index (χ2n) is 11.5. The maximum absolute atomic E-state index is 13.6. The minimum Gasteiger partial charge on any atom is -0.496 e. The summed E-state index contributed by atoms with van der Waals surface area (Å²) in [5.74, 6) is 2.36. The Morgan fingerprint density at radius 2 is 1.41 bits per heavy atom. The van der Waals surface area contributed by atoms with E-state index in [1.54, 1.807) is 32.7 Å². The van der Waals surface area contributed by atoms with E-state index in [2.05, 4.69) is 45.9 Å². The minimum atomic E-state index is 0.0649. The van der Waals surface area contributed by atoms with Crippen LogP contribution in [0.2, 0.25) is 0 Å². The maximum Gasteiger partial charge on any atom is 0.264 e. The molecular formula is C31H37NO4S. The molecule has 0 fully saturated rings. The van der Waals surface area contributed by atoms with Crippen LogP contribution in [0.15, 0.2) is 36.4 Å². The topological polar surface area (TPSA) is 48.0 Å². The van der Waals surface area contributed by atoms with E-state index < -0.39 is 0 Å². The molecule has 1 aliphatic heterocycles. The van der Waals surface area contributed by atoms with Gasteiger partial charge in [0.05, 0.1) is 26.2 Å². The Bertz CT molecular complexity index is 1350. The van der Waals surface area contributed by atoms with Gasteiger partial charge in [-0.05, 0) is 88.7 Å². The first-order valence-electron chi connectivity index (χ1n) is 12.9. The molecule has 0 atom stereocenters. The number of nitrogens with zero attached hydrogens (tertiary/aromatic N) is 1. The van der Waals surface area contributed by atoms with Crippen molar-refractivity contribution in [3.8, 4) is 27.7 Å². The van der Waals surface area contributed by atoms with Crippen molar-refractivity contribution >= 4 is 17.2 Å². The Balaban J connectivity index is 1.45. The lowest BCUT2D eigenvalue weighted by molar-refractivity contribution is 0.0739. The fourth-order valence-electron chi connectivity index (χ4n) is 5.77. The molecule has 0 spiro atoms. The van der Waals surface area contributed by atoms with Gasteiger partial charge >= 0.3 is 0 Å². The molecule has 1 amide bonds. The van der Waals surface area contributed by atoms with Gasteiger partial charge in [0.25, 0.3) is 5.91 Å². The first-order chi connectivity index (χ1) is 17.6. The molecule has 196 valence electrons. The lowest BCUT2D eigenvalue weighted by Gasteiger charge is -2.42. The van der Waals surface area contributed by atoms with Crippen LogP contribution in [0.1, 0.15) is 72.5 Å². The smallest absolute Gasteiger partial charge is 0.264 e. The van der Waals surface area contributed by atoms with E-state index in [4.69, 9.17) is 14.2 Å². The number of thiophene rings is 1. The Morgan fingerprint density at radius 1 is 0.811 bits per heavy atom. The van der Waals surface area contributed by atoms with Gasteiger partial charge in [0, 0.05) is 23.5 Å². The summed E-state index contributed by atoms with van der Waals surface area (Å²) in [5, 5.41) is 0. The standard InChI is InChI=1S/C31H37NO4S/c1-30(2)11-12-31(3,4)23-17-24(34-5)21(16-22(23)30)27-8-9-28(37-27)29(33)32-13-10-19-14-25(35-6)26(36-7)15-20(19)18-32/h8-9,14-17H,10-13,18H2,1-7H3. The normalized spacial score (nSPS) is 17.5. The number of hydrogen-bond donors (Lipinski definition) is 0. The molecule has 0 saturated heterocycles. The zero-order valence-corrected chi connectivity index (χ0v) is 23.8. The number of hydrogen-bond acceptors (Lipinski definition) is 5. The summed E-state index contributed by atoms with van der Waals surface area (Å²) in [6.07, 6.45) is 3.11. The third-order valence-corrected chi connectivity index (χ3v) is 9.37. The van der Waals surface area contributed by atoms with Crippen molar-refractivity contribution in [1.82, 2.24) is 4.90 Å². The molecule has 5 rings (SSSR count). The number of benzene rings is 2. The monoisotopic (exact) mass is 519 g/mol. The Morgan fingerprint density at radius 3 is 2.03 bits per heavy atom. The average molecular weight is 520 g/mol. The van der Waals surface area contributed by atoms with Crippen LogP contribution < -0.4 is 14.2 Å². The SMILES string of the molecule is COc1cc2c(cc1OC)CN(C(=O)c1ccc(-c3cc4c(cc3OC)C(C)(C)CCC4(C)C)s1)CC2. The Kier molecular flexibility index (Phi) is 6.51. The van der Waals surface area contributed by atoms with Crippen LogP contribution in [0.25, 0.3) is 10.4 Å². The Labute approximate surface area is 224 Å². The van der Waals surface area contributed by atoms with Gasteiger partial charge in [0.2, 0.25) is 0 Å². The van der Waals surface area contributed by atoms with Crippen LogP contribution in [0, 0.1) is 0 Å². The van der Waals surface area contributed by atoms with E-state index in [1.165, 1.54) is 16.7 Å². The van der Waals surface area contributed by atoms with Crippen LogP contribution in [0.4, 0.5) is 0 Å². The summed E-state index contributed by atoms with van der Waals surface area (Å²) in [7, 11) is 5.03. The van der Waals surface area contributed by atoms with E-state index in [-0.39, 0.29) is 16.7 Å². The highest BCUT2D eigenvalue weighted by Crippen LogP contribution is 2.50. The Hall–Kier alpha value is -2.99. The second-order valence-corrected chi connectivity index (χ2v) is 12.6. The third-order valence-electron chi connectivity index (χ3n) is 8.26. The maximum atomic E-state index is 13.6.